The Morgan fingerprint density at radius 2 is 1.78 bits per heavy atom. The summed E-state index contributed by atoms with van der Waals surface area (Å²) in [6.45, 7) is 1.76. The lowest BCUT2D eigenvalue weighted by Crippen LogP contribution is -2.32. The van der Waals surface area contributed by atoms with Gasteiger partial charge in [0.2, 0.25) is 11.8 Å². The topological polar surface area (TPSA) is 70.2 Å². The lowest BCUT2D eigenvalue weighted by Gasteiger charge is -2.12. The maximum atomic E-state index is 12.0. The minimum atomic E-state index is -0.394. The van der Waals surface area contributed by atoms with E-state index in [1.54, 1.807) is 55.5 Å². The zero-order valence-corrected chi connectivity index (χ0v) is 16.7. The Balaban J connectivity index is 1.96. The molecule has 0 heterocycles. The maximum absolute atomic E-state index is 12.0. The summed E-state index contributed by atoms with van der Waals surface area (Å²) in [5.41, 5.74) is 1.87. The van der Waals surface area contributed by atoms with Crippen LogP contribution in [-0.2, 0) is 9.59 Å². The lowest BCUT2D eigenvalue weighted by molar-refractivity contribution is -0.116. The fourth-order valence-corrected chi connectivity index (χ4v) is 2.50. The first kappa shape index (κ1) is 20.9. The third-order valence-corrected chi connectivity index (χ3v) is 4.14. The van der Waals surface area contributed by atoms with E-state index < -0.39 is 5.91 Å². The molecule has 0 radical (unpaired) electrons. The number of hydrogen-bond donors (Lipinski definition) is 3. The van der Waals surface area contributed by atoms with Gasteiger partial charge in [0.1, 0.15) is 0 Å². The Hall–Kier alpha value is -2.41. The minimum absolute atomic E-state index is 0.0848. The molecule has 0 saturated heterocycles. The highest BCUT2D eigenvalue weighted by atomic mass is 35.5. The van der Waals surface area contributed by atoms with Gasteiger partial charge in [0, 0.05) is 23.2 Å². The third kappa shape index (κ3) is 7.02. The fraction of sp³-hybridized carbons (Fsp3) is 0.105. The molecule has 0 fully saturated rings. The van der Waals surface area contributed by atoms with Crippen molar-refractivity contribution in [2.24, 2.45) is 0 Å². The number of benzene rings is 2. The van der Waals surface area contributed by atoms with E-state index in [0.717, 1.165) is 5.56 Å². The normalized spacial score (nSPS) is 10.5. The average molecular weight is 422 g/mol. The molecule has 2 aromatic rings. The zero-order chi connectivity index (χ0) is 19.8. The largest absolute Gasteiger partial charge is 0.331 e. The van der Waals surface area contributed by atoms with Gasteiger partial charge in [0.15, 0.2) is 5.11 Å². The van der Waals surface area contributed by atoms with Crippen LogP contribution in [0.25, 0.3) is 6.08 Å². The number of halogens is 2. The van der Waals surface area contributed by atoms with Crippen LogP contribution < -0.4 is 16.0 Å². The van der Waals surface area contributed by atoms with Crippen molar-refractivity contribution in [1.82, 2.24) is 5.32 Å². The molecule has 2 rings (SSSR count). The Bertz CT molecular complexity index is 883. The number of carbonyl (C=O) groups excluding carboxylic acids is 2. The van der Waals surface area contributed by atoms with Crippen LogP contribution >= 0.6 is 35.4 Å². The van der Waals surface area contributed by atoms with E-state index in [9.17, 15) is 9.59 Å². The van der Waals surface area contributed by atoms with Crippen molar-refractivity contribution in [3.05, 3.63) is 64.1 Å². The van der Waals surface area contributed by atoms with Crippen LogP contribution in [0, 0.1) is 0 Å². The zero-order valence-electron chi connectivity index (χ0n) is 14.4. The maximum Gasteiger partial charge on any atom is 0.250 e. The fourth-order valence-electron chi connectivity index (χ4n) is 2.00. The molecule has 0 aliphatic heterocycles. The van der Waals surface area contributed by atoms with Crippen molar-refractivity contribution >= 4 is 69.8 Å². The van der Waals surface area contributed by atoms with Gasteiger partial charge in [-0.05, 0) is 54.2 Å². The van der Waals surface area contributed by atoms with Gasteiger partial charge in [0.25, 0.3) is 0 Å². The highest BCUT2D eigenvalue weighted by molar-refractivity contribution is 7.80. The molecule has 2 amide bonds. The van der Waals surface area contributed by atoms with Crippen molar-refractivity contribution in [1.29, 1.82) is 0 Å². The van der Waals surface area contributed by atoms with E-state index in [1.165, 1.54) is 6.08 Å². The van der Waals surface area contributed by atoms with Crippen LogP contribution in [0.15, 0.2) is 48.5 Å². The molecule has 140 valence electrons. The predicted molar refractivity (Wildman–Crippen MR) is 115 cm³/mol. The SMILES string of the molecule is CCC(=O)Nc1ccc(Cl)c(NC(=S)NC(=O)/C=C/c2ccc(Cl)cc2)c1. The number of thiocarbonyl (C=S) groups is 1. The monoisotopic (exact) mass is 421 g/mol. The van der Waals surface area contributed by atoms with Crippen molar-refractivity contribution in [2.45, 2.75) is 13.3 Å². The first-order chi connectivity index (χ1) is 12.9. The molecule has 0 spiro atoms. The first-order valence-electron chi connectivity index (χ1n) is 8.02. The first-order valence-corrected chi connectivity index (χ1v) is 9.19. The van der Waals surface area contributed by atoms with Crippen LogP contribution in [0.5, 0.6) is 0 Å². The number of anilines is 2. The smallest absolute Gasteiger partial charge is 0.250 e. The van der Waals surface area contributed by atoms with Gasteiger partial charge in [-0.2, -0.15) is 0 Å². The number of amides is 2. The van der Waals surface area contributed by atoms with Crippen LogP contribution in [-0.4, -0.2) is 16.9 Å². The summed E-state index contributed by atoms with van der Waals surface area (Å²) in [7, 11) is 0. The minimum Gasteiger partial charge on any atom is -0.331 e. The number of carbonyl (C=O) groups is 2. The van der Waals surface area contributed by atoms with Crippen molar-refractivity contribution in [3.63, 3.8) is 0 Å². The van der Waals surface area contributed by atoms with E-state index in [1.807, 2.05) is 0 Å². The van der Waals surface area contributed by atoms with Gasteiger partial charge >= 0.3 is 0 Å². The van der Waals surface area contributed by atoms with Crippen molar-refractivity contribution in [3.8, 4) is 0 Å². The van der Waals surface area contributed by atoms with Crippen molar-refractivity contribution < 1.29 is 9.59 Å². The van der Waals surface area contributed by atoms with Gasteiger partial charge in [-0.15, -0.1) is 0 Å². The van der Waals surface area contributed by atoms with Gasteiger partial charge in [-0.3, -0.25) is 14.9 Å². The molecule has 0 saturated carbocycles. The molecule has 5 nitrogen and oxygen atoms in total. The highest BCUT2D eigenvalue weighted by Gasteiger charge is 2.07. The van der Waals surface area contributed by atoms with Crippen LogP contribution in [0.1, 0.15) is 18.9 Å². The summed E-state index contributed by atoms with van der Waals surface area (Å²) in [5, 5.41) is 9.21. The van der Waals surface area contributed by atoms with Crippen LogP contribution in [0.4, 0.5) is 11.4 Å². The third-order valence-electron chi connectivity index (χ3n) is 3.35. The summed E-state index contributed by atoms with van der Waals surface area (Å²) in [6, 6.07) is 12.0. The van der Waals surface area contributed by atoms with E-state index in [4.69, 9.17) is 35.4 Å². The molecular weight excluding hydrogens is 405 g/mol. The van der Waals surface area contributed by atoms with Gasteiger partial charge in [0.05, 0.1) is 10.7 Å². The number of nitrogens with one attached hydrogen (secondary N) is 3. The second-order valence-electron chi connectivity index (χ2n) is 5.42. The quantitative estimate of drug-likeness (QED) is 0.475. The van der Waals surface area contributed by atoms with Crippen LogP contribution in [0.3, 0.4) is 0 Å². The molecule has 8 heteroatoms. The van der Waals surface area contributed by atoms with E-state index in [2.05, 4.69) is 16.0 Å². The van der Waals surface area contributed by atoms with E-state index in [0.29, 0.717) is 27.8 Å². The van der Waals surface area contributed by atoms with E-state index >= 15 is 0 Å². The molecule has 27 heavy (non-hydrogen) atoms. The second-order valence-corrected chi connectivity index (χ2v) is 6.68. The van der Waals surface area contributed by atoms with Gasteiger partial charge in [-0.25, -0.2) is 0 Å². The molecule has 0 aliphatic carbocycles. The average Bonchev–Trinajstić information content (AvgIpc) is 2.63. The Labute approximate surface area is 172 Å². The van der Waals surface area contributed by atoms with Crippen molar-refractivity contribution in [2.75, 3.05) is 10.6 Å². The number of rotatable bonds is 5. The molecular formula is C19H17Cl2N3O2S. The lowest BCUT2D eigenvalue weighted by atomic mass is 10.2. The highest BCUT2D eigenvalue weighted by Crippen LogP contribution is 2.25. The summed E-state index contributed by atoms with van der Waals surface area (Å²) < 4.78 is 0. The predicted octanol–water partition coefficient (Wildman–Crippen LogP) is 4.87. The molecule has 3 N–H and O–H groups in total. The molecule has 0 aliphatic rings. The molecule has 2 aromatic carbocycles. The van der Waals surface area contributed by atoms with Gasteiger partial charge < -0.3 is 10.6 Å². The summed E-state index contributed by atoms with van der Waals surface area (Å²) in [4.78, 5) is 23.5. The summed E-state index contributed by atoms with van der Waals surface area (Å²) >= 11 is 17.1. The Morgan fingerprint density at radius 1 is 1.07 bits per heavy atom. The summed E-state index contributed by atoms with van der Waals surface area (Å²) in [6.07, 6.45) is 3.36. The van der Waals surface area contributed by atoms with Crippen LogP contribution in [0.2, 0.25) is 10.0 Å². The number of hydrogen-bond acceptors (Lipinski definition) is 3. The molecule has 0 atom stereocenters. The van der Waals surface area contributed by atoms with Gasteiger partial charge in [-0.1, -0.05) is 42.3 Å². The second kappa shape index (κ2) is 10.1. The molecule has 0 bridgehead atoms. The molecule has 0 aromatic heterocycles. The Morgan fingerprint density at radius 3 is 2.44 bits per heavy atom. The Kier molecular flexibility index (Phi) is 7.79. The standard InChI is InChI=1S/C19H17Cl2N3O2S/c1-2-17(25)22-14-8-9-15(21)16(11-14)23-19(27)24-18(26)10-5-12-3-6-13(20)7-4-12/h3-11H,2H2,1H3,(H,22,25)(H2,23,24,26,27)/b10-5+. The van der Waals surface area contributed by atoms with E-state index in [-0.39, 0.29) is 11.0 Å². The summed E-state index contributed by atoms with van der Waals surface area (Å²) in [5.74, 6) is -0.513. The molecule has 0 unspecified atom stereocenters.